The van der Waals surface area contributed by atoms with Gasteiger partial charge in [0.15, 0.2) is 0 Å². The second kappa shape index (κ2) is 4.13. The fourth-order valence-corrected chi connectivity index (χ4v) is 1.96. The standard InChI is InChI=1S/C15H16O2/c1-9-4-5-14(16)13(6-9)12-7-11(3)15(17)8-10(12)2/h4-8,16-17H,1-3H3. The molecule has 0 heterocycles. The van der Waals surface area contributed by atoms with E-state index in [-0.39, 0.29) is 5.75 Å². The topological polar surface area (TPSA) is 40.5 Å². The Balaban J connectivity index is 2.68. The zero-order valence-electron chi connectivity index (χ0n) is 10.3. The fraction of sp³-hybridized carbons (Fsp3) is 0.200. The van der Waals surface area contributed by atoms with Gasteiger partial charge >= 0.3 is 0 Å². The van der Waals surface area contributed by atoms with Crippen molar-refractivity contribution in [3.63, 3.8) is 0 Å². The second-order valence-electron chi connectivity index (χ2n) is 4.47. The average Bonchev–Trinajstić information content (AvgIpc) is 2.27. The zero-order valence-corrected chi connectivity index (χ0v) is 10.3. The van der Waals surface area contributed by atoms with E-state index in [2.05, 4.69) is 0 Å². The third-order valence-electron chi connectivity index (χ3n) is 2.99. The fourth-order valence-electron chi connectivity index (χ4n) is 1.96. The highest BCUT2D eigenvalue weighted by atomic mass is 16.3. The third kappa shape index (κ3) is 2.11. The molecular weight excluding hydrogens is 212 g/mol. The molecule has 2 nitrogen and oxygen atoms in total. The van der Waals surface area contributed by atoms with Crippen LogP contribution in [0.4, 0.5) is 0 Å². The van der Waals surface area contributed by atoms with Crippen LogP contribution < -0.4 is 0 Å². The molecular formula is C15H16O2. The minimum Gasteiger partial charge on any atom is -0.508 e. The molecule has 0 aliphatic heterocycles. The van der Waals surface area contributed by atoms with Crippen LogP contribution in [0.25, 0.3) is 11.1 Å². The van der Waals surface area contributed by atoms with E-state index in [1.165, 1.54) is 0 Å². The van der Waals surface area contributed by atoms with E-state index in [1.807, 2.05) is 39.0 Å². The Morgan fingerprint density at radius 3 is 2.12 bits per heavy atom. The highest BCUT2D eigenvalue weighted by Crippen LogP contribution is 2.35. The van der Waals surface area contributed by atoms with Gasteiger partial charge in [0.25, 0.3) is 0 Å². The van der Waals surface area contributed by atoms with Crippen LogP contribution >= 0.6 is 0 Å². The second-order valence-corrected chi connectivity index (χ2v) is 4.47. The molecule has 0 unspecified atom stereocenters. The molecule has 2 aromatic rings. The van der Waals surface area contributed by atoms with E-state index >= 15 is 0 Å². The highest BCUT2D eigenvalue weighted by Gasteiger charge is 2.09. The van der Waals surface area contributed by atoms with Crippen LogP contribution in [0.5, 0.6) is 11.5 Å². The predicted octanol–water partition coefficient (Wildman–Crippen LogP) is 3.69. The molecule has 0 spiro atoms. The van der Waals surface area contributed by atoms with Crippen molar-refractivity contribution >= 4 is 0 Å². The van der Waals surface area contributed by atoms with Gasteiger partial charge in [-0.25, -0.2) is 0 Å². The molecule has 0 saturated heterocycles. The summed E-state index contributed by atoms with van der Waals surface area (Å²) in [6, 6.07) is 9.16. The Morgan fingerprint density at radius 2 is 1.41 bits per heavy atom. The normalized spacial score (nSPS) is 10.5. The van der Waals surface area contributed by atoms with Gasteiger partial charge in [-0.15, -0.1) is 0 Å². The van der Waals surface area contributed by atoms with Crippen molar-refractivity contribution < 1.29 is 10.2 Å². The van der Waals surface area contributed by atoms with Crippen LogP contribution in [0, 0.1) is 20.8 Å². The van der Waals surface area contributed by atoms with Crippen molar-refractivity contribution in [2.24, 2.45) is 0 Å². The van der Waals surface area contributed by atoms with Gasteiger partial charge in [-0.3, -0.25) is 0 Å². The maximum absolute atomic E-state index is 9.91. The van der Waals surface area contributed by atoms with Gasteiger partial charge in [-0.05, 0) is 61.7 Å². The lowest BCUT2D eigenvalue weighted by Gasteiger charge is -2.11. The van der Waals surface area contributed by atoms with Crippen molar-refractivity contribution in [3.8, 4) is 22.6 Å². The van der Waals surface area contributed by atoms with E-state index in [1.54, 1.807) is 12.1 Å². The van der Waals surface area contributed by atoms with Gasteiger partial charge in [0, 0.05) is 5.56 Å². The first kappa shape index (κ1) is 11.5. The lowest BCUT2D eigenvalue weighted by Crippen LogP contribution is -1.87. The predicted molar refractivity (Wildman–Crippen MR) is 69.4 cm³/mol. The number of hydrogen-bond donors (Lipinski definition) is 2. The molecule has 0 saturated carbocycles. The van der Waals surface area contributed by atoms with E-state index in [4.69, 9.17) is 0 Å². The van der Waals surface area contributed by atoms with Gasteiger partial charge in [0.1, 0.15) is 11.5 Å². The Morgan fingerprint density at radius 1 is 0.706 bits per heavy atom. The number of rotatable bonds is 1. The van der Waals surface area contributed by atoms with E-state index in [0.29, 0.717) is 5.75 Å². The molecule has 2 heteroatoms. The summed E-state index contributed by atoms with van der Waals surface area (Å²) in [7, 11) is 0. The first-order valence-corrected chi connectivity index (χ1v) is 5.59. The molecule has 0 aliphatic rings. The highest BCUT2D eigenvalue weighted by molar-refractivity contribution is 5.75. The summed E-state index contributed by atoms with van der Waals surface area (Å²) in [5, 5.41) is 19.5. The summed E-state index contributed by atoms with van der Waals surface area (Å²) in [5.74, 6) is 0.558. The largest absolute Gasteiger partial charge is 0.508 e. The number of aromatic hydroxyl groups is 2. The molecule has 2 N–H and O–H groups in total. The molecule has 2 rings (SSSR count). The smallest absolute Gasteiger partial charge is 0.123 e. The van der Waals surface area contributed by atoms with Crippen molar-refractivity contribution in [2.75, 3.05) is 0 Å². The summed E-state index contributed by atoms with van der Waals surface area (Å²) in [4.78, 5) is 0. The van der Waals surface area contributed by atoms with Crippen LogP contribution in [0.2, 0.25) is 0 Å². The minimum absolute atomic E-state index is 0.267. The monoisotopic (exact) mass is 228 g/mol. The number of benzene rings is 2. The minimum atomic E-state index is 0.267. The van der Waals surface area contributed by atoms with Crippen LogP contribution in [0.1, 0.15) is 16.7 Å². The Kier molecular flexibility index (Phi) is 2.80. The average molecular weight is 228 g/mol. The first-order chi connectivity index (χ1) is 7.99. The number of hydrogen-bond acceptors (Lipinski definition) is 2. The van der Waals surface area contributed by atoms with Crippen molar-refractivity contribution in [3.05, 3.63) is 47.0 Å². The van der Waals surface area contributed by atoms with Gasteiger partial charge < -0.3 is 10.2 Å². The molecule has 0 aromatic heterocycles. The number of aryl methyl sites for hydroxylation is 3. The lowest BCUT2D eigenvalue weighted by atomic mass is 9.96. The molecule has 0 bridgehead atoms. The van der Waals surface area contributed by atoms with Crippen LogP contribution in [-0.4, -0.2) is 10.2 Å². The summed E-state index contributed by atoms with van der Waals surface area (Å²) in [6.07, 6.45) is 0. The maximum atomic E-state index is 9.91. The van der Waals surface area contributed by atoms with E-state index < -0.39 is 0 Å². The number of phenols is 2. The lowest BCUT2D eigenvalue weighted by molar-refractivity contribution is 0.470. The van der Waals surface area contributed by atoms with Gasteiger partial charge in [-0.1, -0.05) is 11.6 Å². The summed E-state index contributed by atoms with van der Waals surface area (Å²) in [5.41, 5.74) is 4.63. The third-order valence-corrected chi connectivity index (χ3v) is 2.99. The maximum Gasteiger partial charge on any atom is 0.123 e. The Labute approximate surface area is 101 Å². The first-order valence-electron chi connectivity index (χ1n) is 5.59. The molecule has 0 radical (unpaired) electrons. The molecule has 0 atom stereocenters. The summed E-state index contributed by atoms with van der Waals surface area (Å²) in [6.45, 7) is 5.77. The molecule has 0 aliphatic carbocycles. The van der Waals surface area contributed by atoms with Gasteiger partial charge in [0.05, 0.1) is 0 Å². The van der Waals surface area contributed by atoms with Crippen molar-refractivity contribution in [1.82, 2.24) is 0 Å². The van der Waals surface area contributed by atoms with Crippen molar-refractivity contribution in [2.45, 2.75) is 20.8 Å². The van der Waals surface area contributed by atoms with Gasteiger partial charge in [0.2, 0.25) is 0 Å². The molecule has 0 fully saturated rings. The Hall–Kier alpha value is -1.96. The SMILES string of the molecule is Cc1ccc(O)c(-c2cc(C)c(O)cc2C)c1. The van der Waals surface area contributed by atoms with E-state index in [0.717, 1.165) is 27.8 Å². The van der Waals surface area contributed by atoms with Crippen LogP contribution in [0.15, 0.2) is 30.3 Å². The van der Waals surface area contributed by atoms with Crippen LogP contribution in [-0.2, 0) is 0 Å². The molecule has 0 amide bonds. The number of phenolic OH excluding ortho intramolecular Hbond substituents is 2. The van der Waals surface area contributed by atoms with Gasteiger partial charge in [-0.2, -0.15) is 0 Å². The summed E-state index contributed by atoms with van der Waals surface area (Å²) >= 11 is 0. The zero-order chi connectivity index (χ0) is 12.6. The van der Waals surface area contributed by atoms with E-state index in [9.17, 15) is 10.2 Å². The Bertz CT molecular complexity index is 571. The summed E-state index contributed by atoms with van der Waals surface area (Å²) < 4.78 is 0. The van der Waals surface area contributed by atoms with Crippen LogP contribution in [0.3, 0.4) is 0 Å². The quantitative estimate of drug-likeness (QED) is 0.781. The van der Waals surface area contributed by atoms with Crippen molar-refractivity contribution in [1.29, 1.82) is 0 Å². The molecule has 88 valence electrons. The molecule has 2 aromatic carbocycles. The molecule has 17 heavy (non-hydrogen) atoms.